The Kier molecular flexibility index (Phi) is 3.41. The first-order chi connectivity index (χ1) is 7.24. The summed E-state index contributed by atoms with van der Waals surface area (Å²) in [5.41, 5.74) is 1.23. The number of nitrogens with one attached hydrogen (secondary N) is 1. The minimum atomic E-state index is 0.555. The molecule has 84 valence electrons. The van der Waals surface area contributed by atoms with Crippen molar-refractivity contribution >= 4 is 15.9 Å². The van der Waals surface area contributed by atoms with E-state index >= 15 is 0 Å². The Labute approximate surface area is 98.6 Å². The van der Waals surface area contributed by atoms with Crippen molar-refractivity contribution in [1.82, 2.24) is 20.3 Å². The van der Waals surface area contributed by atoms with Gasteiger partial charge in [0.15, 0.2) is 4.60 Å². The van der Waals surface area contributed by atoms with Crippen molar-refractivity contribution < 1.29 is 0 Å². The number of halogens is 1. The average molecular weight is 273 g/mol. The third kappa shape index (κ3) is 2.08. The van der Waals surface area contributed by atoms with Gasteiger partial charge in [0.2, 0.25) is 0 Å². The lowest BCUT2D eigenvalue weighted by Crippen LogP contribution is -2.31. The van der Waals surface area contributed by atoms with Gasteiger partial charge in [-0.25, -0.2) is 0 Å². The minimum absolute atomic E-state index is 0.555. The number of aryl methyl sites for hydroxylation is 1. The fourth-order valence-electron chi connectivity index (χ4n) is 2.53. The SMILES string of the molecule is CCNC1CCCC1c1c(Br)nnn1C. The van der Waals surface area contributed by atoms with Gasteiger partial charge in [-0.05, 0) is 35.3 Å². The quantitative estimate of drug-likeness (QED) is 0.913. The highest BCUT2D eigenvalue weighted by Crippen LogP contribution is 2.36. The predicted octanol–water partition coefficient (Wildman–Crippen LogP) is 1.82. The summed E-state index contributed by atoms with van der Waals surface area (Å²) in [6.07, 6.45) is 3.79. The molecule has 0 spiro atoms. The molecule has 0 saturated heterocycles. The first-order valence-electron chi connectivity index (χ1n) is 5.52. The highest BCUT2D eigenvalue weighted by atomic mass is 79.9. The molecule has 0 aromatic carbocycles. The summed E-state index contributed by atoms with van der Waals surface area (Å²) >= 11 is 3.48. The molecule has 0 bridgehead atoms. The molecule has 2 rings (SSSR count). The van der Waals surface area contributed by atoms with Crippen LogP contribution in [0.15, 0.2) is 4.60 Å². The number of hydrogen-bond acceptors (Lipinski definition) is 3. The van der Waals surface area contributed by atoms with Crippen LogP contribution in [0.5, 0.6) is 0 Å². The second-order valence-electron chi connectivity index (χ2n) is 4.09. The summed E-state index contributed by atoms with van der Waals surface area (Å²) in [5, 5.41) is 11.7. The Balaban J connectivity index is 2.22. The smallest absolute Gasteiger partial charge is 0.151 e. The van der Waals surface area contributed by atoms with Crippen LogP contribution in [0.2, 0.25) is 0 Å². The maximum absolute atomic E-state index is 4.06. The van der Waals surface area contributed by atoms with E-state index in [1.165, 1.54) is 25.0 Å². The number of aromatic nitrogens is 3. The van der Waals surface area contributed by atoms with Crippen molar-refractivity contribution in [1.29, 1.82) is 0 Å². The zero-order valence-corrected chi connectivity index (χ0v) is 10.8. The fourth-order valence-corrected chi connectivity index (χ4v) is 3.15. The maximum atomic E-state index is 4.06. The fraction of sp³-hybridized carbons (Fsp3) is 0.800. The molecule has 15 heavy (non-hydrogen) atoms. The van der Waals surface area contributed by atoms with Crippen LogP contribution in [0.3, 0.4) is 0 Å². The molecule has 0 amide bonds. The normalized spacial score (nSPS) is 26.1. The molecule has 5 heteroatoms. The number of nitrogens with zero attached hydrogens (tertiary/aromatic N) is 3. The molecule has 1 N–H and O–H groups in total. The van der Waals surface area contributed by atoms with Crippen molar-refractivity contribution in [2.45, 2.75) is 38.1 Å². The Morgan fingerprint density at radius 1 is 1.53 bits per heavy atom. The van der Waals surface area contributed by atoms with Crippen molar-refractivity contribution in [2.75, 3.05) is 6.54 Å². The minimum Gasteiger partial charge on any atom is -0.314 e. The average Bonchev–Trinajstić information content (AvgIpc) is 2.75. The van der Waals surface area contributed by atoms with Gasteiger partial charge in [0.25, 0.3) is 0 Å². The molecule has 2 unspecified atom stereocenters. The molecule has 1 saturated carbocycles. The summed E-state index contributed by atoms with van der Waals surface area (Å²) < 4.78 is 2.80. The van der Waals surface area contributed by atoms with E-state index in [1.54, 1.807) is 0 Å². The number of hydrogen-bond donors (Lipinski definition) is 1. The Hall–Kier alpha value is -0.420. The Morgan fingerprint density at radius 2 is 2.33 bits per heavy atom. The third-order valence-electron chi connectivity index (χ3n) is 3.16. The number of rotatable bonds is 3. The van der Waals surface area contributed by atoms with E-state index in [0.29, 0.717) is 12.0 Å². The molecule has 1 aromatic rings. The van der Waals surface area contributed by atoms with Crippen LogP contribution in [-0.4, -0.2) is 27.6 Å². The lowest BCUT2D eigenvalue weighted by Gasteiger charge is -2.20. The van der Waals surface area contributed by atoms with Gasteiger partial charge in [-0.3, -0.25) is 4.68 Å². The zero-order chi connectivity index (χ0) is 10.8. The largest absolute Gasteiger partial charge is 0.314 e. The van der Waals surface area contributed by atoms with Crippen LogP contribution in [0.25, 0.3) is 0 Å². The monoisotopic (exact) mass is 272 g/mol. The van der Waals surface area contributed by atoms with E-state index in [4.69, 9.17) is 0 Å². The molecule has 1 aliphatic rings. The van der Waals surface area contributed by atoms with Gasteiger partial charge in [0.1, 0.15) is 0 Å². The molecule has 0 radical (unpaired) electrons. The van der Waals surface area contributed by atoms with Crippen molar-refractivity contribution in [3.63, 3.8) is 0 Å². The summed E-state index contributed by atoms with van der Waals surface area (Å²) in [6, 6.07) is 0.587. The summed E-state index contributed by atoms with van der Waals surface area (Å²) in [4.78, 5) is 0. The van der Waals surface area contributed by atoms with Gasteiger partial charge in [-0.15, -0.1) is 5.10 Å². The van der Waals surface area contributed by atoms with E-state index in [0.717, 1.165) is 11.1 Å². The zero-order valence-electron chi connectivity index (χ0n) is 9.20. The third-order valence-corrected chi connectivity index (χ3v) is 3.73. The van der Waals surface area contributed by atoms with Crippen LogP contribution >= 0.6 is 15.9 Å². The highest BCUT2D eigenvalue weighted by molar-refractivity contribution is 9.10. The van der Waals surface area contributed by atoms with Gasteiger partial charge < -0.3 is 5.32 Å². The van der Waals surface area contributed by atoms with Crippen LogP contribution in [0, 0.1) is 0 Å². The summed E-state index contributed by atoms with van der Waals surface area (Å²) in [6.45, 7) is 3.19. The second-order valence-corrected chi connectivity index (χ2v) is 4.84. The standard InChI is InChI=1S/C10H17BrN4/c1-3-12-8-6-4-5-7(8)9-10(11)13-14-15(9)2/h7-8,12H,3-6H2,1-2H3. The lowest BCUT2D eigenvalue weighted by atomic mass is 10.00. The van der Waals surface area contributed by atoms with Gasteiger partial charge in [-0.1, -0.05) is 18.6 Å². The molecule has 2 atom stereocenters. The summed E-state index contributed by atoms with van der Waals surface area (Å²) in [7, 11) is 1.97. The van der Waals surface area contributed by atoms with Gasteiger partial charge in [0.05, 0.1) is 5.69 Å². The lowest BCUT2D eigenvalue weighted by molar-refractivity contribution is 0.469. The van der Waals surface area contributed by atoms with Crippen LogP contribution in [0.1, 0.15) is 37.8 Å². The first-order valence-corrected chi connectivity index (χ1v) is 6.31. The molecular weight excluding hydrogens is 256 g/mol. The van der Waals surface area contributed by atoms with Crippen LogP contribution < -0.4 is 5.32 Å². The van der Waals surface area contributed by atoms with Crippen LogP contribution in [-0.2, 0) is 7.05 Å². The van der Waals surface area contributed by atoms with Gasteiger partial charge >= 0.3 is 0 Å². The van der Waals surface area contributed by atoms with Gasteiger partial charge in [0, 0.05) is 19.0 Å². The van der Waals surface area contributed by atoms with E-state index in [9.17, 15) is 0 Å². The van der Waals surface area contributed by atoms with Gasteiger partial charge in [-0.2, -0.15) is 0 Å². The molecule has 4 nitrogen and oxygen atoms in total. The summed E-state index contributed by atoms with van der Waals surface area (Å²) in [5.74, 6) is 0.555. The second kappa shape index (κ2) is 4.61. The number of likely N-dealkylation sites (N-methyl/N-ethyl adjacent to an activating group) is 1. The van der Waals surface area contributed by atoms with E-state index in [-0.39, 0.29) is 0 Å². The van der Waals surface area contributed by atoms with E-state index in [1.807, 2.05) is 11.7 Å². The molecular formula is C10H17BrN4. The Morgan fingerprint density at radius 3 is 2.93 bits per heavy atom. The van der Waals surface area contributed by atoms with E-state index in [2.05, 4.69) is 38.5 Å². The molecule has 1 heterocycles. The predicted molar refractivity (Wildman–Crippen MR) is 62.8 cm³/mol. The van der Waals surface area contributed by atoms with Crippen molar-refractivity contribution in [3.8, 4) is 0 Å². The van der Waals surface area contributed by atoms with Crippen LogP contribution in [0.4, 0.5) is 0 Å². The van der Waals surface area contributed by atoms with E-state index < -0.39 is 0 Å². The topological polar surface area (TPSA) is 42.7 Å². The molecule has 1 aromatic heterocycles. The van der Waals surface area contributed by atoms with Crippen molar-refractivity contribution in [3.05, 3.63) is 10.3 Å². The Bertz CT molecular complexity index is 317. The molecule has 1 aliphatic carbocycles. The first kappa shape index (κ1) is 11.1. The highest BCUT2D eigenvalue weighted by Gasteiger charge is 2.32. The maximum Gasteiger partial charge on any atom is 0.151 e. The molecule has 0 aliphatic heterocycles. The molecule has 1 fully saturated rings. The van der Waals surface area contributed by atoms with Crippen molar-refractivity contribution in [2.24, 2.45) is 7.05 Å².